The maximum Gasteiger partial charge on any atom is 0.131 e. The summed E-state index contributed by atoms with van der Waals surface area (Å²) < 4.78 is 6.00. The van der Waals surface area contributed by atoms with Crippen molar-refractivity contribution in [2.45, 2.75) is 13.0 Å². The Morgan fingerprint density at radius 3 is 2.57 bits per heavy atom. The fourth-order valence-corrected chi connectivity index (χ4v) is 2.80. The summed E-state index contributed by atoms with van der Waals surface area (Å²) in [4.78, 5) is 2.38. The predicted molar refractivity (Wildman–Crippen MR) is 83.4 cm³/mol. The molecule has 2 aromatic carbocycles. The molecule has 1 atom stereocenters. The first kappa shape index (κ1) is 14.1. The van der Waals surface area contributed by atoms with E-state index in [1.54, 1.807) is 0 Å². The topological polar surface area (TPSA) is 32.7 Å². The second-order valence-electron chi connectivity index (χ2n) is 5.60. The molecule has 1 heterocycles. The molecule has 3 heteroatoms. The highest BCUT2D eigenvalue weighted by Crippen LogP contribution is 2.27. The van der Waals surface area contributed by atoms with Gasteiger partial charge in [0.25, 0.3) is 0 Å². The second-order valence-corrected chi connectivity index (χ2v) is 5.60. The number of hydrogen-bond donors (Lipinski definition) is 1. The smallest absolute Gasteiger partial charge is 0.131 e. The molecule has 0 aliphatic carbocycles. The van der Waals surface area contributed by atoms with E-state index in [4.69, 9.17) is 4.74 Å². The van der Waals surface area contributed by atoms with Gasteiger partial charge in [-0.2, -0.15) is 0 Å². The highest BCUT2D eigenvalue weighted by atomic mass is 16.5. The van der Waals surface area contributed by atoms with Gasteiger partial charge in [0.05, 0.1) is 0 Å². The standard InChI is InChI=1S/C18H21NO2/c20-14-15-10-11-19(12-15)13-16-6-4-5-9-18(16)21-17-7-2-1-3-8-17/h1-9,15,20H,10-14H2. The third-order valence-electron chi connectivity index (χ3n) is 3.97. The molecule has 1 N–H and O–H groups in total. The van der Waals surface area contributed by atoms with Crippen molar-refractivity contribution < 1.29 is 9.84 Å². The first-order chi connectivity index (χ1) is 10.3. The molecule has 21 heavy (non-hydrogen) atoms. The van der Waals surface area contributed by atoms with Crippen LogP contribution in [-0.2, 0) is 6.54 Å². The van der Waals surface area contributed by atoms with Crippen molar-refractivity contribution in [2.24, 2.45) is 5.92 Å². The van der Waals surface area contributed by atoms with E-state index in [1.165, 1.54) is 5.56 Å². The average Bonchev–Trinajstić information content (AvgIpc) is 2.98. The van der Waals surface area contributed by atoms with Crippen molar-refractivity contribution >= 4 is 0 Å². The predicted octanol–water partition coefficient (Wildman–Crippen LogP) is 3.29. The molecule has 0 amide bonds. The van der Waals surface area contributed by atoms with Crippen LogP contribution < -0.4 is 4.74 Å². The van der Waals surface area contributed by atoms with Crippen LogP contribution in [0.1, 0.15) is 12.0 Å². The average molecular weight is 283 g/mol. The summed E-state index contributed by atoms with van der Waals surface area (Å²) in [5.74, 6) is 2.20. The lowest BCUT2D eigenvalue weighted by Crippen LogP contribution is -2.21. The Kier molecular flexibility index (Phi) is 4.53. The molecule has 3 rings (SSSR count). The number of likely N-dealkylation sites (tertiary alicyclic amines) is 1. The molecular weight excluding hydrogens is 262 g/mol. The van der Waals surface area contributed by atoms with Gasteiger partial charge in [-0.05, 0) is 37.1 Å². The first-order valence-corrected chi connectivity index (χ1v) is 7.49. The van der Waals surface area contributed by atoms with E-state index in [0.717, 1.165) is 37.6 Å². The SMILES string of the molecule is OCC1CCN(Cc2ccccc2Oc2ccccc2)C1. The van der Waals surface area contributed by atoms with Gasteiger partial charge in [-0.1, -0.05) is 36.4 Å². The van der Waals surface area contributed by atoms with Gasteiger partial charge >= 0.3 is 0 Å². The lowest BCUT2D eigenvalue weighted by atomic mass is 10.1. The zero-order chi connectivity index (χ0) is 14.5. The van der Waals surface area contributed by atoms with Gasteiger partial charge in [0, 0.05) is 25.3 Å². The molecule has 0 bridgehead atoms. The normalized spacial score (nSPS) is 18.8. The number of ether oxygens (including phenoxy) is 1. The second kappa shape index (κ2) is 6.74. The zero-order valence-electron chi connectivity index (χ0n) is 12.1. The van der Waals surface area contributed by atoms with Gasteiger partial charge in [-0.15, -0.1) is 0 Å². The summed E-state index contributed by atoms with van der Waals surface area (Å²) in [6.45, 7) is 3.18. The lowest BCUT2D eigenvalue weighted by Gasteiger charge is -2.18. The third-order valence-corrected chi connectivity index (χ3v) is 3.97. The molecule has 1 unspecified atom stereocenters. The molecule has 0 spiro atoms. The number of rotatable bonds is 5. The highest BCUT2D eigenvalue weighted by molar-refractivity contribution is 5.37. The first-order valence-electron chi connectivity index (χ1n) is 7.49. The van der Waals surface area contributed by atoms with Crippen LogP contribution in [0.15, 0.2) is 54.6 Å². The van der Waals surface area contributed by atoms with Gasteiger partial charge in [-0.3, -0.25) is 4.90 Å². The molecule has 1 saturated heterocycles. The van der Waals surface area contributed by atoms with E-state index in [0.29, 0.717) is 12.5 Å². The molecular formula is C18H21NO2. The van der Waals surface area contributed by atoms with Gasteiger partial charge < -0.3 is 9.84 Å². The largest absolute Gasteiger partial charge is 0.457 e. The number of aliphatic hydroxyl groups excluding tert-OH is 1. The molecule has 1 aliphatic heterocycles. The van der Waals surface area contributed by atoms with Crippen LogP contribution in [0.5, 0.6) is 11.5 Å². The van der Waals surface area contributed by atoms with Gasteiger partial charge in [0.2, 0.25) is 0 Å². The fourth-order valence-electron chi connectivity index (χ4n) is 2.80. The Hall–Kier alpha value is -1.84. The van der Waals surface area contributed by atoms with E-state index in [1.807, 2.05) is 48.5 Å². The summed E-state index contributed by atoms with van der Waals surface area (Å²) in [5, 5.41) is 9.25. The number of para-hydroxylation sites is 2. The van der Waals surface area contributed by atoms with Crippen molar-refractivity contribution in [3.05, 3.63) is 60.2 Å². The van der Waals surface area contributed by atoms with E-state index >= 15 is 0 Å². The summed E-state index contributed by atoms with van der Waals surface area (Å²) >= 11 is 0. The number of benzene rings is 2. The molecule has 3 nitrogen and oxygen atoms in total. The highest BCUT2D eigenvalue weighted by Gasteiger charge is 2.22. The molecule has 0 saturated carbocycles. The maximum absolute atomic E-state index is 9.25. The van der Waals surface area contributed by atoms with E-state index < -0.39 is 0 Å². The molecule has 0 radical (unpaired) electrons. The Morgan fingerprint density at radius 2 is 1.81 bits per heavy atom. The van der Waals surface area contributed by atoms with Crippen LogP contribution >= 0.6 is 0 Å². The van der Waals surface area contributed by atoms with Crippen LogP contribution in [0.2, 0.25) is 0 Å². The van der Waals surface area contributed by atoms with Gasteiger partial charge in [0.1, 0.15) is 11.5 Å². The van der Waals surface area contributed by atoms with Gasteiger partial charge in [-0.25, -0.2) is 0 Å². The summed E-state index contributed by atoms with van der Waals surface area (Å²) in [6.07, 6.45) is 1.08. The van der Waals surface area contributed by atoms with E-state index in [2.05, 4.69) is 11.0 Å². The number of aliphatic hydroxyl groups is 1. The molecule has 1 aliphatic rings. The Morgan fingerprint density at radius 1 is 1.05 bits per heavy atom. The van der Waals surface area contributed by atoms with Crippen molar-refractivity contribution in [1.29, 1.82) is 0 Å². The van der Waals surface area contributed by atoms with Crippen LogP contribution in [0, 0.1) is 5.92 Å². The number of hydrogen-bond acceptors (Lipinski definition) is 3. The summed E-state index contributed by atoms with van der Waals surface area (Å²) in [7, 11) is 0. The van der Waals surface area contributed by atoms with Gasteiger partial charge in [0.15, 0.2) is 0 Å². The van der Waals surface area contributed by atoms with E-state index in [-0.39, 0.29) is 0 Å². The Labute approximate surface area is 125 Å². The Bertz CT molecular complexity index is 570. The summed E-state index contributed by atoms with van der Waals surface area (Å²) in [6, 6.07) is 18.1. The van der Waals surface area contributed by atoms with Crippen LogP contribution in [0.3, 0.4) is 0 Å². The zero-order valence-corrected chi connectivity index (χ0v) is 12.1. The van der Waals surface area contributed by atoms with E-state index in [9.17, 15) is 5.11 Å². The third kappa shape index (κ3) is 3.63. The molecule has 0 aromatic heterocycles. The number of nitrogens with zero attached hydrogens (tertiary/aromatic N) is 1. The Balaban J connectivity index is 1.71. The minimum absolute atomic E-state index is 0.290. The molecule has 1 fully saturated rings. The maximum atomic E-state index is 9.25. The van der Waals surface area contributed by atoms with Crippen LogP contribution in [0.25, 0.3) is 0 Å². The van der Waals surface area contributed by atoms with Crippen molar-refractivity contribution in [2.75, 3.05) is 19.7 Å². The lowest BCUT2D eigenvalue weighted by molar-refractivity contribution is 0.219. The minimum Gasteiger partial charge on any atom is -0.457 e. The van der Waals surface area contributed by atoms with Crippen LogP contribution in [0.4, 0.5) is 0 Å². The fraction of sp³-hybridized carbons (Fsp3) is 0.333. The molecule has 110 valence electrons. The van der Waals surface area contributed by atoms with Crippen molar-refractivity contribution in [1.82, 2.24) is 4.90 Å². The van der Waals surface area contributed by atoms with Crippen molar-refractivity contribution in [3.63, 3.8) is 0 Å². The summed E-state index contributed by atoms with van der Waals surface area (Å²) in [5.41, 5.74) is 1.19. The van der Waals surface area contributed by atoms with Crippen molar-refractivity contribution in [3.8, 4) is 11.5 Å². The van der Waals surface area contributed by atoms with Crippen LogP contribution in [-0.4, -0.2) is 29.7 Å². The monoisotopic (exact) mass is 283 g/mol. The minimum atomic E-state index is 0.290. The quantitative estimate of drug-likeness (QED) is 0.914. The molecule has 2 aromatic rings.